The van der Waals surface area contributed by atoms with Gasteiger partial charge in [-0.1, -0.05) is 36.4 Å². The maximum atomic E-state index is 12.8. The van der Waals surface area contributed by atoms with Crippen molar-refractivity contribution in [2.24, 2.45) is 0 Å². The molecule has 7 heteroatoms. The van der Waals surface area contributed by atoms with Gasteiger partial charge in [0, 0.05) is 55.6 Å². The molecule has 1 aromatic heterocycles. The topological polar surface area (TPSA) is 70.6 Å². The highest BCUT2D eigenvalue weighted by Gasteiger charge is 2.25. The van der Waals surface area contributed by atoms with E-state index in [2.05, 4.69) is 39.5 Å². The molecule has 0 bridgehead atoms. The minimum absolute atomic E-state index is 0.0996. The van der Waals surface area contributed by atoms with Gasteiger partial charge in [-0.05, 0) is 31.5 Å². The number of urea groups is 1. The number of carbonyl (C=O) groups is 1. The molecule has 1 N–H and O–H groups in total. The van der Waals surface area contributed by atoms with Crippen LogP contribution >= 0.6 is 0 Å². The number of benzene rings is 2. The first-order valence-corrected chi connectivity index (χ1v) is 10.9. The van der Waals surface area contributed by atoms with Gasteiger partial charge in [-0.25, -0.2) is 14.8 Å². The Labute approximate surface area is 189 Å². The summed E-state index contributed by atoms with van der Waals surface area (Å²) >= 11 is 0. The van der Waals surface area contributed by atoms with E-state index in [1.165, 1.54) is 5.56 Å². The largest absolute Gasteiger partial charge is 0.497 e. The van der Waals surface area contributed by atoms with E-state index < -0.39 is 0 Å². The summed E-state index contributed by atoms with van der Waals surface area (Å²) in [6.07, 6.45) is 0.791. The number of carbonyl (C=O) groups excluding carboxylic acids is 1. The summed E-state index contributed by atoms with van der Waals surface area (Å²) in [5, 5.41) is 2.97. The van der Waals surface area contributed by atoms with Crippen molar-refractivity contribution in [2.45, 2.75) is 20.3 Å². The van der Waals surface area contributed by atoms with Crippen LogP contribution in [0.5, 0.6) is 5.75 Å². The summed E-state index contributed by atoms with van der Waals surface area (Å²) in [6, 6.07) is 17.7. The molecule has 166 valence electrons. The van der Waals surface area contributed by atoms with Gasteiger partial charge in [0.15, 0.2) is 0 Å². The number of piperazine rings is 1. The molecule has 3 aromatic rings. The maximum absolute atomic E-state index is 12.8. The van der Waals surface area contributed by atoms with E-state index in [9.17, 15) is 4.79 Å². The molecule has 32 heavy (non-hydrogen) atoms. The quantitative estimate of drug-likeness (QED) is 0.660. The van der Waals surface area contributed by atoms with Crippen molar-refractivity contribution in [3.8, 4) is 5.75 Å². The summed E-state index contributed by atoms with van der Waals surface area (Å²) in [4.78, 5) is 26.3. The smallest absolute Gasteiger partial charge is 0.321 e. The highest BCUT2D eigenvalue weighted by atomic mass is 16.5. The zero-order chi connectivity index (χ0) is 22.5. The normalized spacial score (nSPS) is 13.7. The number of hydrogen-bond acceptors (Lipinski definition) is 5. The number of aryl methyl sites for hydroxylation is 2. The lowest BCUT2D eigenvalue weighted by atomic mass is 10.0. The molecule has 2 aromatic carbocycles. The average Bonchev–Trinajstić information content (AvgIpc) is 2.81. The summed E-state index contributed by atoms with van der Waals surface area (Å²) in [6.45, 7) is 6.69. The van der Waals surface area contributed by atoms with Gasteiger partial charge in [-0.3, -0.25) is 0 Å². The Hall–Kier alpha value is -3.61. The lowest BCUT2D eigenvalue weighted by Gasteiger charge is -2.36. The summed E-state index contributed by atoms with van der Waals surface area (Å²) in [7, 11) is 1.61. The van der Waals surface area contributed by atoms with Crippen molar-refractivity contribution >= 4 is 17.5 Å². The number of methoxy groups -OCH3 is 1. The number of ether oxygens (including phenoxy) is 1. The van der Waals surface area contributed by atoms with Crippen LogP contribution in [-0.2, 0) is 6.42 Å². The number of nitrogens with zero attached hydrogens (tertiary/aromatic N) is 4. The molecule has 0 aliphatic carbocycles. The van der Waals surface area contributed by atoms with Gasteiger partial charge in [-0.2, -0.15) is 0 Å². The standard InChI is InChI=1S/C25H29N5O2/c1-18-23(16-20-8-5-4-6-9-20)24(27-19(2)26-18)29-12-14-30(15-13-29)25(31)28-21-10-7-11-22(17-21)32-3/h4-11,17H,12-16H2,1-3H3,(H,28,31). The van der Waals surface area contributed by atoms with Gasteiger partial charge >= 0.3 is 6.03 Å². The SMILES string of the molecule is COc1cccc(NC(=O)N2CCN(c3nc(C)nc(C)c3Cc3ccccc3)CC2)c1. The monoisotopic (exact) mass is 431 g/mol. The summed E-state index contributed by atoms with van der Waals surface area (Å²) < 4.78 is 5.23. The van der Waals surface area contributed by atoms with Crippen molar-refractivity contribution in [3.05, 3.63) is 77.2 Å². The van der Waals surface area contributed by atoms with Crippen LogP contribution < -0.4 is 15.0 Å². The van der Waals surface area contributed by atoms with Gasteiger partial charge in [-0.15, -0.1) is 0 Å². The molecule has 1 fully saturated rings. The fourth-order valence-electron chi connectivity index (χ4n) is 4.01. The van der Waals surface area contributed by atoms with Crippen LogP contribution in [0.4, 0.5) is 16.3 Å². The highest BCUT2D eigenvalue weighted by molar-refractivity contribution is 5.89. The van der Waals surface area contributed by atoms with Crippen LogP contribution in [0.2, 0.25) is 0 Å². The first-order valence-electron chi connectivity index (χ1n) is 10.9. The minimum atomic E-state index is -0.0996. The zero-order valence-corrected chi connectivity index (χ0v) is 18.8. The molecule has 1 aliphatic heterocycles. The first kappa shape index (κ1) is 21.6. The number of amides is 2. The number of nitrogens with one attached hydrogen (secondary N) is 1. The third-order valence-corrected chi connectivity index (χ3v) is 5.72. The Morgan fingerprint density at radius 2 is 1.75 bits per heavy atom. The fourth-order valence-corrected chi connectivity index (χ4v) is 4.01. The first-order chi connectivity index (χ1) is 15.5. The Morgan fingerprint density at radius 3 is 2.47 bits per heavy atom. The Kier molecular flexibility index (Phi) is 6.54. The van der Waals surface area contributed by atoms with E-state index in [0.717, 1.165) is 48.1 Å². The van der Waals surface area contributed by atoms with Crippen molar-refractivity contribution < 1.29 is 9.53 Å². The minimum Gasteiger partial charge on any atom is -0.497 e. The fraction of sp³-hybridized carbons (Fsp3) is 0.320. The van der Waals surface area contributed by atoms with Crippen LogP contribution in [-0.4, -0.2) is 54.2 Å². The molecule has 2 amide bonds. The molecule has 2 heterocycles. The molecule has 0 radical (unpaired) electrons. The second-order valence-electron chi connectivity index (χ2n) is 7.96. The van der Waals surface area contributed by atoms with E-state index in [1.807, 2.05) is 49.1 Å². The van der Waals surface area contributed by atoms with Gasteiger partial charge < -0.3 is 19.9 Å². The number of anilines is 2. The maximum Gasteiger partial charge on any atom is 0.321 e. The second-order valence-corrected chi connectivity index (χ2v) is 7.96. The zero-order valence-electron chi connectivity index (χ0n) is 18.8. The van der Waals surface area contributed by atoms with Gasteiger partial charge in [0.25, 0.3) is 0 Å². The molecule has 4 rings (SSSR count). The predicted octanol–water partition coefficient (Wildman–Crippen LogP) is 4.05. The van der Waals surface area contributed by atoms with E-state index in [4.69, 9.17) is 9.72 Å². The number of hydrogen-bond donors (Lipinski definition) is 1. The van der Waals surface area contributed by atoms with E-state index in [-0.39, 0.29) is 6.03 Å². The molecule has 7 nitrogen and oxygen atoms in total. The van der Waals surface area contributed by atoms with Gasteiger partial charge in [0.1, 0.15) is 17.4 Å². The Bertz CT molecular complexity index is 1080. The Morgan fingerprint density at radius 1 is 1.00 bits per heavy atom. The van der Waals surface area contributed by atoms with Crippen LogP contribution in [0.1, 0.15) is 22.6 Å². The van der Waals surface area contributed by atoms with Crippen molar-refractivity contribution in [1.82, 2.24) is 14.9 Å². The molecule has 0 atom stereocenters. The predicted molar refractivity (Wildman–Crippen MR) is 127 cm³/mol. The van der Waals surface area contributed by atoms with Crippen LogP contribution in [0.15, 0.2) is 54.6 Å². The molecule has 1 aliphatic rings. The van der Waals surface area contributed by atoms with E-state index in [1.54, 1.807) is 7.11 Å². The lowest BCUT2D eigenvalue weighted by Crippen LogP contribution is -2.50. The third kappa shape index (κ3) is 4.99. The summed E-state index contributed by atoms with van der Waals surface area (Å²) in [5.74, 6) is 2.47. The second kappa shape index (κ2) is 9.68. The average molecular weight is 432 g/mol. The van der Waals surface area contributed by atoms with E-state index in [0.29, 0.717) is 18.8 Å². The third-order valence-electron chi connectivity index (χ3n) is 5.72. The van der Waals surface area contributed by atoms with Crippen molar-refractivity contribution in [1.29, 1.82) is 0 Å². The molecule has 0 saturated carbocycles. The molecular formula is C25H29N5O2. The summed E-state index contributed by atoms with van der Waals surface area (Å²) in [5.41, 5.74) is 4.12. The number of aromatic nitrogens is 2. The van der Waals surface area contributed by atoms with Crippen LogP contribution in [0.25, 0.3) is 0 Å². The highest BCUT2D eigenvalue weighted by Crippen LogP contribution is 2.25. The van der Waals surface area contributed by atoms with Crippen molar-refractivity contribution in [2.75, 3.05) is 43.5 Å². The molecule has 0 unspecified atom stereocenters. The Balaban J connectivity index is 1.45. The van der Waals surface area contributed by atoms with Crippen LogP contribution in [0.3, 0.4) is 0 Å². The van der Waals surface area contributed by atoms with Crippen molar-refractivity contribution in [3.63, 3.8) is 0 Å². The lowest BCUT2D eigenvalue weighted by molar-refractivity contribution is 0.208. The van der Waals surface area contributed by atoms with Gasteiger partial charge in [0.2, 0.25) is 0 Å². The van der Waals surface area contributed by atoms with Gasteiger partial charge in [0.05, 0.1) is 7.11 Å². The van der Waals surface area contributed by atoms with E-state index >= 15 is 0 Å². The molecule has 0 spiro atoms. The van der Waals surface area contributed by atoms with Crippen LogP contribution in [0, 0.1) is 13.8 Å². The molecule has 1 saturated heterocycles. The molecular weight excluding hydrogens is 402 g/mol. The number of rotatable bonds is 5.